The Morgan fingerprint density at radius 3 is 2.65 bits per heavy atom. The Kier molecular flexibility index (Phi) is 4.60. The van der Waals surface area contributed by atoms with Crippen molar-refractivity contribution in [3.8, 4) is 0 Å². The molecule has 138 valence electrons. The molecule has 2 aliphatic rings. The molecule has 26 heavy (non-hydrogen) atoms. The first-order chi connectivity index (χ1) is 12.5. The maximum atomic E-state index is 4.89. The topological polar surface area (TPSA) is 41.1 Å². The molecule has 2 aromatic rings. The number of aryl methyl sites for hydroxylation is 1. The standard InChI is InChI=1S/C22H30N4/c1-16-13-20(25-21(23-16)24-18-10-5-4-6-11-18)26-14-17-9-7-8-12-19(17)22(2,3)15-26/h7-9,12-13,18H,4-6,10-11,14-15H2,1-3H3,(H,23,24,25). The minimum absolute atomic E-state index is 0.116. The van der Waals surface area contributed by atoms with Crippen LogP contribution in [0.4, 0.5) is 11.8 Å². The van der Waals surface area contributed by atoms with E-state index in [-0.39, 0.29) is 5.41 Å². The number of nitrogens with zero attached hydrogens (tertiary/aromatic N) is 3. The van der Waals surface area contributed by atoms with E-state index in [0.717, 1.165) is 30.5 Å². The molecule has 0 unspecified atom stereocenters. The summed E-state index contributed by atoms with van der Waals surface area (Å²) in [5.41, 5.74) is 4.01. The SMILES string of the molecule is Cc1cc(N2Cc3ccccc3C(C)(C)C2)nc(NC2CCCCC2)n1. The number of hydrogen-bond donors (Lipinski definition) is 1. The number of rotatable bonds is 3. The molecule has 1 aliphatic carbocycles. The molecular formula is C22H30N4. The molecule has 0 atom stereocenters. The van der Waals surface area contributed by atoms with E-state index >= 15 is 0 Å². The maximum Gasteiger partial charge on any atom is 0.225 e. The van der Waals surface area contributed by atoms with Gasteiger partial charge in [0.1, 0.15) is 5.82 Å². The Morgan fingerprint density at radius 2 is 1.85 bits per heavy atom. The number of aromatic nitrogens is 2. The van der Waals surface area contributed by atoms with Gasteiger partial charge in [-0.05, 0) is 30.9 Å². The summed E-state index contributed by atoms with van der Waals surface area (Å²) in [7, 11) is 0. The molecule has 4 rings (SSSR count). The summed E-state index contributed by atoms with van der Waals surface area (Å²) in [6, 6.07) is 11.5. The lowest BCUT2D eigenvalue weighted by molar-refractivity contribution is 0.460. The second-order valence-electron chi connectivity index (χ2n) is 8.57. The zero-order chi connectivity index (χ0) is 18.1. The fraction of sp³-hybridized carbons (Fsp3) is 0.545. The molecule has 1 aromatic heterocycles. The Balaban J connectivity index is 1.60. The van der Waals surface area contributed by atoms with Gasteiger partial charge < -0.3 is 10.2 Å². The summed E-state index contributed by atoms with van der Waals surface area (Å²) in [5.74, 6) is 1.84. The van der Waals surface area contributed by atoms with Crippen LogP contribution in [0.15, 0.2) is 30.3 Å². The fourth-order valence-electron chi connectivity index (χ4n) is 4.51. The van der Waals surface area contributed by atoms with Gasteiger partial charge in [0.25, 0.3) is 0 Å². The molecule has 1 saturated carbocycles. The van der Waals surface area contributed by atoms with Crippen molar-refractivity contribution in [2.24, 2.45) is 0 Å². The van der Waals surface area contributed by atoms with Gasteiger partial charge in [-0.15, -0.1) is 0 Å². The molecular weight excluding hydrogens is 320 g/mol. The zero-order valence-electron chi connectivity index (χ0n) is 16.3. The quantitative estimate of drug-likeness (QED) is 0.861. The molecule has 4 heteroatoms. The summed E-state index contributed by atoms with van der Waals surface area (Å²) in [4.78, 5) is 12.0. The third kappa shape index (κ3) is 3.55. The molecule has 1 N–H and O–H groups in total. The average Bonchev–Trinajstić information content (AvgIpc) is 2.61. The summed E-state index contributed by atoms with van der Waals surface area (Å²) in [5, 5.41) is 3.59. The molecule has 0 saturated heterocycles. The van der Waals surface area contributed by atoms with E-state index in [9.17, 15) is 0 Å². The third-order valence-electron chi connectivity index (χ3n) is 5.80. The van der Waals surface area contributed by atoms with Gasteiger partial charge in [0, 0.05) is 36.3 Å². The van der Waals surface area contributed by atoms with Crippen molar-refractivity contribution in [3.05, 3.63) is 47.2 Å². The molecule has 0 spiro atoms. The van der Waals surface area contributed by atoms with Crippen LogP contribution in [-0.4, -0.2) is 22.6 Å². The van der Waals surface area contributed by atoms with Crippen molar-refractivity contribution < 1.29 is 0 Å². The van der Waals surface area contributed by atoms with Gasteiger partial charge in [0.2, 0.25) is 5.95 Å². The maximum absolute atomic E-state index is 4.89. The number of hydrogen-bond acceptors (Lipinski definition) is 4. The molecule has 1 aromatic carbocycles. The predicted octanol–water partition coefficient (Wildman–Crippen LogP) is 4.83. The Hall–Kier alpha value is -2.10. The van der Waals surface area contributed by atoms with Crippen LogP contribution in [0.5, 0.6) is 0 Å². The molecule has 1 fully saturated rings. The van der Waals surface area contributed by atoms with E-state index in [4.69, 9.17) is 4.98 Å². The second-order valence-corrected chi connectivity index (χ2v) is 8.57. The molecule has 0 amide bonds. The number of fused-ring (bicyclic) bond motifs is 1. The van der Waals surface area contributed by atoms with Crippen molar-refractivity contribution in [1.82, 2.24) is 9.97 Å². The van der Waals surface area contributed by atoms with Gasteiger partial charge in [0.05, 0.1) is 0 Å². The Labute approximate surface area is 157 Å². The van der Waals surface area contributed by atoms with Crippen LogP contribution < -0.4 is 10.2 Å². The van der Waals surface area contributed by atoms with Crippen molar-refractivity contribution in [1.29, 1.82) is 0 Å². The lowest BCUT2D eigenvalue weighted by atomic mass is 9.78. The third-order valence-corrected chi connectivity index (χ3v) is 5.80. The van der Waals surface area contributed by atoms with Crippen molar-refractivity contribution in [2.45, 2.75) is 70.9 Å². The van der Waals surface area contributed by atoms with E-state index in [2.05, 4.69) is 66.3 Å². The summed E-state index contributed by atoms with van der Waals surface area (Å²) in [6.07, 6.45) is 6.45. The molecule has 0 bridgehead atoms. The highest BCUT2D eigenvalue weighted by molar-refractivity contribution is 5.50. The lowest BCUT2D eigenvalue weighted by Crippen LogP contribution is -2.42. The van der Waals surface area contributed by atoms with Crippen LogP contribution in [-0.2, 0) is 12.0 Å². The second kappa shape index (κ2) is 6.90. The van der Waals surface area contributed by atoms with Crippen LogP contribution in [0.1, 0.15) is 62.8 Å². The minimum atomic E-state index is 0.116. The van der Waals surface area contributed by atoms with Gasteiger partial charge in [0.15, 0.2) is 0 Å². The molecule has 0 radical (unpaired) electrons. The van der Waals surface area contributed by atoms with Crippen LogP contribution >= 0.6 is 0 Å². The highest BCUT2D eigenvalue weighted by Crippen LogP contribution is 2.35. The largest absolute Gasteiger partial charge is 0.351 e. The van der Waals surface area contributed by atoms with Crippen molar-refractivity contribution in [3.63, 3.8) is 0 Å². The normalized spacial score (nSPS) is 19.9. The van der Waals surface area contributed by atoms with Crippen molar-refractivity contribution in [2.75, 3.05) is 16.8 Å². The first-order valence-electron chi connectivity index (χ1n) is 9.97. The first-order valence-corrected chi connectivity index (χ1v) is 9.97. The van der Waals surface area contributed by atoms with Gasteiger partial charge in [-0.25, -0.2) is 4.98 Å². The van der Waals surface area contributed by atoms with Crippen LogP contribution in [0, 0.1) is 6.92 Å². The van der Waals surface area contributed by atoms with Crippen LogP contribution in [0.3, 0.4) is 0 Å². The fourth-order valence-corrected chi connectivity index (χ4v) is 4.51. The Bertz CT molecular complexity index is 777. The van der Waals surface area contributed by atoms with E-state index in [1.54, 1.807) is 0 Å². The zero-order valence-corrected chi connectivity index (χ0v) is 16.3. The molecule has 2 heterocycles. The number of nitrogens with one attached hydrogen (secondary N) is 1. The van der Waals surface area contributed by atoms with Crippen LogP contribution in [0.25, 0.3) is 0 Å². The van der Waals surface area contributed by atoms with Gasteiger partial charge in [-0.3, -0.25) is 0 Å². The van der Waals surface area contributed by atoms with Gasteiger partial charge in [-0.2, -0.15) is 4.98 Å². The monoisotopic (exact) mass is 350 g/mol. The highest BCUT2D eigenvalue weighted by Gasteiger charge is 2.32. The predicted molar refractivity (Wildman–Crippen MR) is 108 cm³/mol. The van der Waals surface area contributed by atoms with Crippen LogP contribution in [0.2, 0.25) is 0 Å². The summed E-state index contributed by atoms with van der Waals surface area (Å²) in [6.45, 7) is 8.61. The number of benzene rings is 1. The number of anilines is 2. The lowest BCUT2D eigenvalue weighted by Gasteiger charge is -2.40. The average molecular weight is 351 g/mol. The highest BCUT2D eigenvalue weighted by atomic mass is 15.2. The van der Waals surface area contributed by atoms with E-state index < -0.39 is 0 Å². The minimum Gasteiger partial charge on any atom is -0.351 e. The van der Waals surface area contributed by atoms with Gasteiger partial charge in [-0.1, -0.05) is 57.4 Å². The first kappa shape index (κ1) is 17.3. The van der Waals surface area contributed by atoms with E-state index in [0.29, 0.717) is 6.04 Å². The van der Waals surface area contributed by atoms with Gasteiger partial charge >= 0.3 is 0 Å². The summed E-state index contributed by atoms with van der Waals surface area (Å²) < 4.78 is 0. The molecule has 4 nitrogen and oxygen atoms in total. The molecule has 1 aliphatic heterocycles. The van der Waals surface area contributed by atoms with E-state index in [1.165, 1.54) is 43.2 Å². The Morgan fingerprint density at radius 1 is 1.08 bits per heavy atom. The van der Waals surface area contributed by atoms with Crippen molar-refractivity contribution >= 4 is 11.8 Å². The summed E-state index contributed by atoms with van der Waals surface area (Å²) >= 11 is 0. The van der Waals surface area contributed by atoms with E-state index in [1.807, 2.05) is 0 Å². The smallest absolute Gasteiger partial charge is 0.225 e.